The van der Waals surface area contributed by atoms with Crippen LogP contribution < -0.4 is 11.2 Å². The molecule has 2 heterocycles. The fraction of sp³-hybridized carbons (Fsp3) is 0.154. The molecule has 0 bridgehead atoms. The Morgan fingerprint density at radius 1 is 1.32 bits per heavy atom. The van der Waals surface area contributed by atoms with Gasteiger partial charge in [0.25, 0.3) is 5.56 Å². The Labute approximate surface area is 107 Å². The van der Waals surface area contributed by atoms with Gasteiger partial charge in [-0.25, -0.2) is 4.79 Å². The first-order chi connectivity index (χ1) is 9.15. The van der Waals surface area contributed by atoms with Crippen LogP contribution in [0.25, 0.3) is 10.9 Å². The second-order valence-corrected chi connectivity index (χ2v) is 4.30. The van der Waals surface area contributed by atoms with Crippen LogP contribution in [0.3, 0.4) is 0 Å². The molecule has 0 radical (unpaired) electrons. The molecule has 0 aliphatic heterocycles. The largest absolute Gasteiger partial charge is 0.359 e. The third-order valence-corrected chi connectivity index (χ3v) is 2.88. The molecule has 1 aromatic carbocycles. The van der Waals surface area contributed by atoms with Gasteiger partial charge in [-0.1, -0.05) is 17.3 Å². The Balaban J connectivity index is 2.18. The minimum Gasteiger partial charge on any atom is -0.359 e. The zero-order valence-electron chi connectivity index (χ0n) is 10.2. The molecule has 0 fully saturated rings. The Bertz CT molecular complexity index is 857. The molecule has 6 heteroatoms. The van der Waals surface area contributed by atoms with E-state index in [-0.39, 0.29) is 12.1 Å². The molecule has 3 rings (SSSR count). The van der Waals surface area contributed by atoms with Crippen molar-refractivity contribution in [2.24, 2.45) is 0 Å². The normalized spacial score (nSPS) is 11.0. The van der Waals surface area contributed by atoms with E-state index in [0.717, 1.165) is 4.57 Å². The van der Waals surface area contributed by atoms with Crippen molar-refractivity contribution in [1.82, 2.24) is 14.7 Å². The lowest BCUT2D eigenvalue weighted by atomic mass is 10.2. The third kappa shape index (κ3) is 1.97. The summed E-state index contributed by atoms with van der Waals surface area (Å²) in [6.07, 6.45) is 0. The lowest BCUT2D eigenvalue weighted by Gasteiger charge is -2.03. The topological polar surface area (TPSA) is 80.9 Å². The summed E-state index contributed by atoms with van der Waals surface area (Å²) in [7, 11) is 0. The van der Waals surface area contributed by atoms with Gasteiger partial charge >= 0.3 is 5.69 Å². The van der Waals surface area contributed by atoms with Crippen LogP contribution in [-0.2, 0) is 6.54 Å². The molecule has 0 saturated heterocycles. The number of aromatic amines is 1. The Kier molecular flexibility index (Phi) is 2.56. The van der Waals surface area contributed by atoms with Gasteiger partial charge in [0.05, 0.1) is 23.1 Å². The Hall–Kier alpha value is -2.63. The number of nitrogens with zero attached hydrogens (tertiary/aromatic N) is 2. The van der Waals surface area contributed by atoms with Crippen LogP contribution in [0, 0.1) is 6.92 Å². The highest BCUT2D eigenvalue weighted by Gasteiger charge is 2.09. The standard InChI is InChI=1S/C13H11N3O3/c1-8-6-9(19-15-8)7-16-12(17)10-4-2-3-5-11(10)14-13(16)18/h2-6H,7H2,1H3,(H,14,18). The van der Waals surface area contributed by atoms with Crippen LogP contribution in [-0.4, -0.2) is 14.7 Å². The number of nitrogens with one attached hydrogen (secondary N) is 1. The van der Waals surface area contributed by atoms with Crippen molar-refractivity contribution in [2.75, 3.05) is 0 Å². The van der Waals surface area contributed by atoms with Gasteiger partial charge < -0.3 is 9.51 Å². The van der Waals surface area contributed by atoms with Gasteiger partial charge in [0.2, 0.25) is 0 Å². The number of benzene rings is 1. The summed E-state index contributed by atoms with van der Waals surface area (Å²) in [5, 5.41) is 4.20. The van der Waals surface area contributed by atoms with Crippen molar-refractivity contribution in [3.8, 4) is 0 Å². The van der Waals surface area contributed by atoms with E-state index in [9.17, 15) is 9.59 Å². The zero-order valence-corrected chi connectivity index (χ0v) is 10.2. The highest BCUT2D eigenvalue weighted by atomic mass is 16.5. The summed E-state index contributed by atoms with van der Waals surface area (Å²) < 4.78 is 6.13. The quantitative estimate of drug-likeness (QED) is 0.743. The van der Waals surface area contributed by atoms with Crippen LogP contribution in [0.4, 0.5) is 0 Å². The molecule has 0 unspecified atom stereocenters. The molecular weight excluding hydrogens is 246 g/mol. The van der Waals surface area contributed by atoms with Gasteiger partial charge in [-0.05, 0) is 19.1 Å². The summed E-state index contributed by atoms with van der Waals surface area (Å²) in [6, 6.07) is 8.59. The van der Waals surface area contributed by atoms with Crippen molar-refractivity contribution in [3.63, 3.8) is 0 Å². The molecule has 0 atom stereocenters. The smallest absolute Gasteiger partial charge is 0.329 e. The summed E-state index contributed by atoms with van der Waals surface area (Å²) in [6.45, 7) is 1.85. The summed E-state index contributed by atoms with van der Waals surface area (Å²) in [5.41, 5.74) is 0.439. The van der Waals surface area contributed by atoms with Crippen LogP contribution in [0.5, 0.6) is 0 Å². The number of H-pyrrole nitrogens is 1. The van der Waals surface area contributed by atoms with Crippen LogP contribution in [0.15, 0.2) is 44.4 Å². The van der Waals surface area contributed by atoms with Gasteiger partial charge in [0.15, 0.2) is 5.76 Å². The third-order valence-electron chi connectivity index (χ3n) is 2.88. The van der Waals surface area contributed by atoms with Crippen molar-refractivity contribution < 1.29 is 4.52 Å². The van der Waals surface area contributed by atoms with Gasteiger partial charge in [-0.15, -0.1) is 0 Å². The van der Waals surface area contributed by atoms with E-state index in [2.05, 4.69) is 10.1 Å². The number of hydrogen-bond donors (Lipinski definition) is 1. The van der Waals surface area contributed by atoms with Crippen molar-refractivity contribution in [3.05, 3.63) is 62.6 Å². The first-order valence-electron chi connectivity index (χ1n) is 5.79. The first kappa shape index (κ1) is 11.5. The second-order valence-electron chi connectivity index (χ2n) is 4.30. The fourth-order valence-electron chi connectivity index (χ4n) is 1.99. The molecular formula is C13H11N3O3. The summed E-state index contributed by atoms with van der Waals surface area (Å²) in [4.78, 5) is 26.8. The monoisotopic (exact) mass is 257 g/mol. The molecule has 3 aromatic rings. The number of rotatable bonds is 2. The lowest BCUT2D eigenvalue weighted by molar-refractivity contribution is 0.370. The Morgan fingerprint density at radius 3 is 2.84 bits per heavy atom. The molecule has 0 aliphatic carbocycles. The molecule has 1 N–H and O–H groups in total. The Morgan fingerprint density at radius 2 is 2.11 bits per heavy atom. The molecule has 0 aliphatic rings. The summed E-state index contributed by atoms with van der Waals surface area (Å²) >= 11 is 0. The van der Waals surface area contributed by atoms with E-state index in [0.29, 0.717) is 22.4 Å². The number of fused-ring (bicyclic) bond motifs is 1. The van der Waals surface area contributed by atoms with Gasteiger partial charge in [0.1, 0.15) is 0 Å². The van der Waals surface area contributed by atoms with E-state index in [1.807, 2.05) is 0 Å². The first-order valence-corrected chi connectivity index (χ1v) is 5.79. The predicted molar refractivity (Wildman–Crippen MR) is 69.2 cm³/mol. The maximum absolute atomic E-state index is 12.2. The molecule has 0 saturated carbocycles. The average Bonchev–Trinajstić information content (AvgIpc) is 2.80. The van der Waals surface area contributed by atoms with Crippen molar-refractivity contribution >= 4 is 10.9 Å². The molecule has 0 amide bonds. The average molecular weight is 257 g/mol. The SMILES string of the molecule is Cc1cc(Cn2c(=O)[nH]c3ccccc3c2=O)on1. The van der Waals surface area contributed by atoms with Crippen molar-refractivity contribution in [1.29, 1.82) is 0 Å². The van der Waals surface area contributed by atoms with Gasteiger partial charge in [-0.2, -0.15) is 0 Å². The van der Waals surface area contributed by atoms with Crippen molar-refractivity contribution in [2.45, 2.75) is 13.5 Å². The van der Waals surface area contributed by atoms with E-state index in [1.165, 1.54) is 0 Å². The second kappa shape index (κ2) is 4.24. The number of hydrogen-bond acceptors (Lipinski definition) is 4. The lowest BCUT2D eigenvalue weighted by Crippen LogP contribution is -2.35. The highest BCUT2D eigenvalue weighted by Crippen LogP contribution is 2.05. The molecule has 19 heavy (non-hydrogen) atoms. The van der Waals surface area contributed by atoms with E-state index < -0.39 is 5.69 Å². The highest BCUT2D eigenvalue weighted by molar-refractivity contribution is 5.76. The van der Waals surface area contributed by atoms with Gasteiger partial charge in [0, 0.05) is 6.07 Å². The summed E-state index contributed by atoms with van der Waals surface area (Å²) in [5.74, 6) is 0.473. The number of para-hydroxylation sites is 1. The molecule has 96 valence electrons. The van der Waals surface area contributed by atoms with E-state index >= 15 is 0 Å². The maximum Gasteiger partial charge on any atom is 0.329 e. The zero-order chi connectivity index (χ0) is 13.4. The van der Waals surface area contributed by atoms with E-state index in [1.54, 1.807) is 37.3 Å². The molecule has 6 nitrogen and oxygen atoms in total. The maximum atomic E-state index is 12.2. The minimum absolute atomic E-state index is 0.0693. The number of aryl methyl sites for hydroxylation is 1. The van der Waals surface area contributed by atoms with E-state index in [4.69, 9.17) is 4.52 Å². The minimum atomic E-state index is -0.460. The van der Waals surface area contributed by atoms with Crippen LogP contribution in [0.2, 0.25) is 0 Å². The van der Waals surface area contributed by atoms with Crippen LogP contribution >= 0.6 is 0 Å². The fourth-order valence-corrected chi connectivity index (χ4v) is 1.99. The molecule has 2 aromatic heterocycles. The molecule has 0 spiro atoms. The number of aromatic nitrogens is 3. The van der Waals surface area contributed by atoms with Crippen LogP contribution in [0.1, 0.15) is 11.5 Å². The van der Waals surface area contributed by atoms with Gasteiger partial charge in [-0.3, -0.25) is 9.36 Å². The predicted octanol–water partition coefficient (Wildman–Crippen LogP) is 1.03.